The van der Waals surface area contributed by atoms with Crippen molar-refractivity contribution in [3.63, 3.8) is 0 Å². The largest absolute Gasteiger partial charge is 0.334 e. The van der Waals surface area contributed by atoms with Crippen molar-refractivity contribution in [2.45, 2.75) is 19.8 Å². The zero-order valence-electron chi connectivity index (χ0n) is 8.71. The molecule has 0 saturated heterocycles. The molecule has 0 bridgehead atoms. The van der Waals surface area contributed by atoms with Crippen molar-refractivity contribution < 1.29 is 0 Å². The molecule has 0 aromatic carbocycles. The van der Waals surface area contributed by atoms with E-state index in [0.29, 0.717) is 12.5 Å². The first kappa shape index (κ1) is 10.6. The first-order valence-corrected chi connectivity index (χ1v) is 5.63. The lowest BCUT2D eigenvalue weighted by Crippen LogP contribution is -2.08. The average Bonchev–Trinajstić information content (AvgIpc) is 2.52. The molecule has 0 aliphatic carbocycles. The van der Waals surface area contributed by atoms with Gasteiger partial charge >= 0.3 is 0 Å². The van der Waals surface area contributed by atoms with Crippen LogP contribution < -0.4 is 5.73 Å². The number of fused-ring (bicyclic) bond motifs is 1. The normalized spacial score (nSPS) is 13.3. The Labute approximate surface area is 96.4 Å². The summed E-state index contributed by atoms with van der Waals surface area (Å²) < 4.78 is 0.954. The molecule has 2 aromatic rings. The number of nitrogens with one attached hydrogen (secondary N) is 1. The standard InChI is InChI=1S/C10H13BrN4/c1-5(3-12)8-7-4-13-6(2)14-10(7)15-9(8)11/h4-5H,3,12H2,1-2H3,(H,13,14,15). The molecule has 80 valence electrons. The van der Waals surface area contributed by atoms with Crippen molar-refractivity contribution in [2.24, 2.45) is 5.73 Å². The highest BCUT2D eigenvalue weighted by molar-refractivity contribution is 9.10. The fourth-order valence-electron chi connectivity index (χ4n) is 1.65. The number of H-pyrrole nitrogens is 1. The number of rotatable bonds is 2. The summed E-state index contributed by atoms with van der Waals surface area (Å²) in [5, 5.41) is 1.05. The summed E-state index contributed by atoms with van der Waals surface area (Å²) in [5.41, 5.74) is 7.70. The molecule has 0 aliphatic heterocycles. The van der Waals surface area contributed by atoms with E-state index in [1.807, 2.05) is 13.1 Å². The highest BCUT2D eigenvalue weighted by Gasteiger charge is 2.15. The quantitative estimate of drug-likeness (QED) is 0.877. The Kier molecular flexibility index (Phi) is 2.75. The first-order chi connectivity index (χ1) is 7.13. The van der Waals surface area contributed by atoms with Gasteiger partial charge in [-0.1, -0.05) is 6.92 Å². The molecule has 0 radical (unpaired) electrons. The van der Waals surface area contributed by atoms with Crippen molar-refractivity contribution in [3.8, 4) is 0 Å². The van der Waals surface area contributed by atoms with Gasteiger partial charge in [0.2, 0.25) is 0 Å². The minimum absolute atomic E-state index is 0.291. The van der Waals surface area contributed by atoms with Crippen LogP contribution in [0.15, 0.2) is 10.8 Å². The molecule has 1 unspecified atom stereocenters. The predicted molar refractivity (Wildman–Crippen MR) is 63.8 cm³/mol. The number of nitrogens with two attached hydrogens (primary N) is 1. The monoisotopic (exact) mass is 268 g/mol. The maximum atomic E-state index is 5.68. The summed E-state index contributed by atoms with van der Waals surface area (Å²) in [6, 6.07) is 0. The molecule has 4 nitrogen and oxygen atoms in total. The van der Waals surface area contributed by atoms with Gasteiger partial charge in [0.25, 0.3) is 0 Å². The van der Waals surface area contributed by atoms with E-state index in [2.05, 4.69) is 37.8 Å². The lowest BCUT2D eigenvalue weighted by molar-refractivity contribution is 0.776. The van der Waals surface area contributed by atoms with Crippen molar-refractivity contribution >= 4 is 27.0 Å². The van der Waals surface area contributed by atoms with Crippen LogP contribution in [-0.4, -0.2) is 21.5 Å². The number of nitrogens with zero attached hydrogens (tertiary/aromatic N) is 2. The molecular formula is C10H13BrN4. The van der Waals surface area contributed by atoms with Gasteiger partial charge in [0, 0.05) is 11.6 Å². The van der Waals surface area contributed by atoms with Gasteiger partial charge in [-0.25, -0.2) is 9.97 Å². The van der Waals surface area contributed by atoms with Gasteiger partial charge in [0.1, 0.15) is 11.5 Å². The van der Waals surface area contributed by atoms with Crippen molar-refractivity contribution in [1.82, 2.24) is 15.0 Å². The van der Waals surface area contributed by atoms with Crippen LogP contribution in [0.2, 0.25) is 0 Å². The van der Waals surface area contributed by atoms with Gasteiger partial charge in [0.05, 0.1) is 4.60 Å². The molecule has 0 spiro atoms. The van der Waals surface area contributed by atoms with E-state index < -0.39 is 0 Å². The number of hydrogen-bond acceptors (Lipinski definition) is 3. The van der Waals surface area contributed by atoms with Crippen LogP contribution in [0.5, 0.6) is 0 Å². The Morgan fingerprint density at radius 1 is 1.60 bits per heavy atom. The molecule has 1 atom stereocenters. The van der Waals surface area contributed by atoms with Crippen LogP contribution >= 0.6 is 15.9 Å². The molecular weight excluding hydrogens is 256 g/mol. The van der Waals surface area contributed by atoms with Gasteiger partial charge in [-0.2, -0.15) is 0 Å². The topological polar surface area (TPSA) is 67.6 Å². The molecule has 0 aliphatic rings. The van der Waals surface area contributed by atoms with Crippen molar-refractivity contribution in [3.05, 3.63) is 22.2 Å². The van der Waals surface area contributed by atoms with E-state index in [-0.39, 0.29) is 0 Å². The molecule has 0 saturated carbocycles. The Bertz CT molecular complexity index is 491. The van der Waals surface area contributed by atoms with E-state index in [1.165, 1.54) is 0 Å². The van der Waals surface area contributed by atoms with E-state index in [0.717, 1.165) is 27.0 Å². The fourth-order valence-corrected chi connectivity index (χ4v) is 2.44. The van der Waals surface area contributed by atoms with Crippen LogP contribution in [-0.2, 0) is 0 Å². The fraction of sp³-hybridized carbons (Fsp3) is 0.400. The van der Waals surface area contributed by atoms with Crippen molar-refractivity contribution in [2.75, 3.05) is 6.54 Å². The SMILES string of the molecule is Cc1ncc2c(C(C)CN)c(Br)[nH]c2n1. The van der Waals surface area contributed by atoms with Gasteiger partial charge in [0.15, 0.2) is 0 Å². The maximum absolute atomic E-state index is 5.68. The Morgan fingerprint density at radius 2 is 2.33 bits per heavy atom. The second-order valence-corrected chi connectivity index (χ2v) is 4.46. The highest BCUT2D eigenvalue weighted by atomic mass is 79.9. The second kappa shape index (κ2) is 3.90. The molecule has 0 fully saturated rings. The number of hydrogen-bond donors (Lipinski definition) is 2. The molecule has 2 heterocycles. The number of aryl methyl sites for hydroxylation is 1. The minimum Gasteiger partial charge on any atom is -0.334 e. The smallest absolute Gasteiger partial charge is 0.142 e. The Hall–Kier alpha value is -0.940. The summed E-state index contributed by atoms with van der Waals surface area (Å²) >= 11 is 3.50. The van der Waals surface area contributed by atoms with Crippen LogP contribution in [0.25, 0.3) is 11.0 Å². The third-order valence-electron chi connectivity index (χ3n) is 2.51. The predicted octanol–water partition coefficient (Wildman–Crippen LogP) is 2.09. The molecule has 0 amide bonds. The van der Waals surface area contributed by atoms with Crippen LogP contribution in [0.3, 0.4) is 0 Å². The Morgan fingerprint density at radius 3 is 3.00 bits per heavy atom. The average molecular weight is 269 g/mol. The van der Waals surface area contributed by atoms with Gasteiger partial charge < -0.3 is 10.7 Å². The number of halogens is 1. The van der Waals surface area contributed by atoms with Gasteiger partial charge in [-0.3, -0.25) is 0 Å². The summed E-state index contributed by atoms with van der Waals surface area (Å²) in [7, 11) is 0. The van der Waals surface area contributed by atoms with Gasteiger partial charge in [-0.05, 0) is 40.9 Å². The van der Waals surface area contributed by atoms with Crippen LogP contribution in [0, 0.1) is 6.92 Å². The summed E-state index contributed by atoms with van der Waals surface area (Å²) in [6.45, 7) is 4.58. The molecule has 2 aromatic heterocycles. The van der Waals surface area contributed by atoms with Crippen LogP contribution in [0.1, 0.15) is 24.2 Å². The molecule has 5 heteroatoms. The summed E-state index contributed by atoms with van der Waals surface area (Å²) in [6.07, 6.45) is 1.85. The van der Waals surface area contributed by atoms with Gasteiger partial charge in [-0.15, -0.1) is 0 Å². The maximum Gasteiger partial charge on any atom is 0.142 e. The van der Waals surface area contributed by atoms with E-state index >= 15 is 0 Å². The zero-order chi connectivity index (χ0) is 11.0. The third kappa shape index (κ3) is 1.77. The lowest BCUT2D eigenvalue weighted by atomic mass is 10.0. The highest BCUT2D eigenvalue weighted by Crippen LogP contribution is 2.30. The number of aromatic amines is 1. The molecule has 2 rings (SSSR count). The Balaban J connectivity index is 2.68. The first-order valence-electron chi connectivity index (χ1n) is 4.84. The van der Waals surface area contributed by atoms with E-state index in [9.17, 15) is 0 Å². The zero-order valence-corrected chi connectivity index (χ0v) is 10.3. The minimum atomic E-state index is 0.291. The number of aromatic nitrogens is 3. The molecule has 15 heavy (non-hydrogen) atoms. The summed E-state index contributed by atoms with van der Waals surface area (Å²) in [5.74, 6) is 1.06. The van der Waals surface area contributed by atoms with Crippen LogP contribution in [0.4, 0.5) is 0 Å². The second-order valence-electron chi connectivity index (χ2n) is 3.67. The molecule has 3 N–H and O–H groups in total. The van der Waals surface area contributed by atoms with E-state index in [4.69, 9.17) is 5.73 Å². The third-order valence-corrected chi connectivity index (χ3v) is 3.14. The summed E-state index contributed by atoms with van der Waals surface area (Å²) in [4.78, 5) is 11.7. The lowest BCUT2D eigenvalue weighted by Gasteiger charge is -2.07. The van der Waals surface area contributed by atoms with E-state index in [1.54, 1.807) is 0 Å². The van der Waals surface area contributed by atoms with Crippen molar-refractivity contribution in [1.29, 1.82) is 0 Å².